The zero-order chi connectivity index (χ0) is 20.1. The van der Waals surface area contributed by atoms with Crippen molar-refractivity contribution >= 4 is 17.4 Å². The Balaban J connectivity index is 1.89. The summed E-state index contributed by atoms with van der Waals surface area (Å²) in [5.74, 6) is -0.0454. The lowest BCUT2D eigenvalue weighted by Crippen LogP contribution is -2.32. The summed E-state index contributed by atoms with van der Waals surface area (Å²) < 4.78 is 0. The highest BCUT2D eigenvalue weighted by molar-refractivity contribution is 8.03. The highest BCUT2D eigenvalue weighted by atomic mass is 32.2. The van der Waals surface area contributed by atoms with Crippen molar-refractivity contribution < 1.29 is 0 Å². The Kier molecular flexibility index (Phi) is 4.22. The lowest BCUT2D eigenvalue weighted by molar-refractivity contribution is 0.590. The van der Waals surface area contributed by atoms with E-state index in [2.05, 4.69) is 45.0 Å². The largest absolute Gasteiger partial charge is 0.384 e. The van der Waals surface area contributed by atoms with Crippen molar-refractivity contribution in [3.8, 4) is 12.1 Å². The van der Waals surface area contributed by atoms with Crippen LogP contribution in [-0.2, 0) is 5.41 Å². The Labute approximate surface area is 169 Å². The lowest BCUT2D eigenvalue weighted by Gasteiger charge is -2.31. The first-order chi connectivity index (χ1) is 13.4. The van der Waals surface area contributed by atoms with Gasteiger partial charge in [0.25, 0.3) is 0 Å². The van der Waals surface area contributed by atoms with Crippen LogP contribution in [0.25, 0.3) is 0 Å². The van der Waals surface area contributed by atoms with E-state index in [1.54, 1.807) is 0 Å². The van der Waals surface area contributed by atoms with Crippen LogP contribution in [0.2, 0.25) is 0 Å². The second-order valence-electron chi connectivity index (χ2n) is 7.95. The van der Waals surface area contributed by atoms with Crippen molar-refractivity contribution in [1.29, 1.82) is 10.5 Å². The molecular formula is C23H20N4S. The maximum atomic E-state index is 10.0. The van der Waals surface area contributed by atoms with Gasteiger partial charge < -0.3 is 5.73 Å². The second kappa shape index (κ2) is 6.48. The summed E-state index contributed by atoms with van der Waals surface area (Å²) in [4.78, 5) is 2.88. The zero-order valence-electron chi connectivity index (χ0n) is 16.0. The van der Waals surface area contributed by atoms with Crippen LogP contribution in [-0.4, -0.2) is 0 Å². The van der Waals surface area contributed by atoms with Crippen LogP contribution in [0.3, 0.4) is 0 Å². The van der Waals surface area contributed by atoms with Crippen molar-refractivity contribution in [2.75, 3.05) is 4.90 Å². The van der Waals surface area contributed by atoms with Gasteiger partial charge in [-0.1, -0.05) is 68.9 Å². The molecule has 5 heteroatoms. The summed E-state index contributed by atoms with van der Waals surface area (Å²) in [7, 11) is 0. The second-order valence-corrected chi connectivity index (χ2v) is 8.98. The van der Waals surface area contributed by atoms with Crippen LogP contribution in [0, 0.1) is 22.7 Å². The molecule has 28 heavy (non-hydrogen) atoms. The minimum atomic E-state index is -0.447. The molecule has 138 valence electrons. The molecule has 0 bridgehead atoms. The van der Waals surface area contributed by atoms with Gasteiger partial charge >= 0.3 is 0 Å². The molecule has 2 aliphatic heterocycles. The van der Waals surface area contributed by atoms with Gasteiger partial charge in [0.05, 0.1) is 34.9 Å². The Hall–Kier alpha value is -3.15. The fourth-order valence-electron chi connectivity index (χ4n) is 3.68. The highest BCUT2D eigenvalue weighted by Gasteiger charge is 2.40. The van der Waals surface area contributed by atoms with Crippen molar-refractivity contribution in [2.24, 2.45) is 5.73 Å². The quantitative estimate of drug-likeness (QED) is 0.738. The predicted molar refractivity (Wildman–Crippen MR) is 112 cm³/mol. The topological polar surface area (TPSA) is 76.8 Å². The number of benzene rings is 2. The van der Waals surface area contributed by atoms with E-state index in [0.29, 0.717) is 17.0 Å². The third kappa shape index (κ3) is 2.68. The molecule has 0 radical (unpaired) electrons. The number of allylic oxidation sites excluding steroid dienone is 2. The first kappa shape index (κ1) is 18.2. The molecular weight excluding hydrogens is 364 g/mol. The van der Waals surface area contributed by atoms with Crippen LogP contribution in [0.5, 0.6) is 0 Å². The van der Waals surface area contributed by atoms with Gasteiger partial charge in [0.15, 0.2) is 0 Å². The summed E-state index contributed by atoms with van der Waals surface area (Å²) in [5.41, 5.74) is 10.5. The monoisotopic (exact) mass is 384 g/mol. The van der Waals surface area contributed by atoms with Crippen LogP contribution >= 0.6 is 11.8 Å². The van der Waals surface area contributed by atoms with E-state index in [9.17, 15) is 10.5 Å². The zero-order valence-corrected chi connectivity index (χ0v) is 16.8. The number of thioether (sulfide) groups is 1. The van der Waals surface area contributed by atoms with Crippen LogP contribution in [0.15, 0.2) is 75.4 Å². The molecule has 0 unspecified atom stereocenters. The number of hydrogen-bond donors (Lipinski definition) is 1. The van der Waals surface area contributed by atoms with E-state index in [-0.39, 0.29) is 5.41 Å². The van der Waals surface area contributed by atoms with Crippen molar-refractivity contribution in [1.82, 2.24) is 0 Å². The molecule has 4 rings (SSSR count). The summed E-state index contributed by atoms with van der Waals surface area (Å²) in [6.07, 6.45) is 0. The van der Waals surface area contributed by atoms with Gasteiger partial charge in [-0.3, -0.25) is 4.90 Å². The van der Waals surface area contributed by atoms with Gasteiger partial charge in [0, 0.05) is 4.90 Å². The Bertz CT molecular complexity index is 1110. The number of para-hydroxylation sites is 1. The lowest BCUT2D eigenvalue weighted by atomic mass is 9.81. The standard InChI is InChI=1S/C23H20N4S/c1-23(2,3)15-10-8-14(9-11-15)20-16(12-24)21(26)27-18-6-4-5-7-19(18)28-22(27)17(20)13-25/h4-11,20H,26H2,1-3H3/t20-/m1/s1. The van der Waals surface area contributed by atoms with Crippen LogP contribution in [0.4, 0.5) is 5.69 Å². The van der Waals surface area contributed by atoms with Gasteiger partial charge in [0.1, 0.15) is 10.9 Å². The molecule has 0 saturated heterocycles. The van der Waals surface area contributed by atoms with Crippen molar-refractivity contribution in [3.63, 3.8) is 0 Å². The molecule has 0 amide bonds. The van der Waals surface area contributed by atoms with E-state index in [1.165, 1.54) is 17.3 Å². The first-order valence-electron chi connectivity index (χ1n) is 9.08. The number of nitrogens with two attached hydrogens (primary N) is 1. The maximum absolute atomic E-state index is 10.0. The molecule has 4 nitrogen and oxygen atoms in total. The van der Waals surface area contributed by atoms with Gasteiger partial charge in [-0.05, 0) is 28.7 Å². The van der Waals surface area contributed by atoms with Crippen molar-refractivity contribution in [2.45, 2.75) is 37.0 Å². The molecule has 2 aromatic rings. The van der Waals surface area contributed by atoms with E-state index in [4.69, 9.17) is 5.73 Å². The van der Waals surface area contributed by atoms with E-state index in [0.717, 1.165) is 21.2 Å². The number of anilines is 1. The first-order valence-corrected chi connectivity index (χ1v) is 9.90. The summed E-state index contributed by atoms with van der Waals surface area (Å²) in [6.45, 7) is 6.48. The van der Waals surface area contributed by atoms with Gasteiger partial charge in [-0.15, -0.1) is 0 Å². The average molecular weight is 385 g/mol. The smallest absolute Gasteiger partial charge is 0.123 e. The number of nitriles is 2. The third-order valence-electron chi connectivity index (χ3n) is 5.19. The third-order valence-corrected chi connectivity index (χ3v) is 6.35. The molecule has 0 fully saturated rings. The van der Waals surface area contributed by atoms with E-state index < -0.39 is 5.92 Å². The Morgan fingerprint density at radius 1 is 0.964 bits per heavy atom. The normalized spacial score (nSPS) is 18.5. The van der Waals surface area contributed by atoms with Crippen LogP contribution in [0.1, 0.15) is 37.8 Å². The molecule has 2 heterocycles. The fourth-order valence-corrected chi connectivity index (χ4v) is 4.86. The van der Waals surface area contributed by atoms with Gasteiger partial charge in [-0.25, -0.2) is 0 Å². The number of rotatable bonds is 1. The van der Waals surface area contributed by atoms with Crippen LogP contribution < -0.4 is 10.6 Å². The molecule has 2 aliphatic rings. The highest BCUT2D eigenvalue weighted by Crippen LogP contribution is 2.54. The predicted octanol–water partition coefficient (Wildman–Crippen LogP) is 5.12. The van der Waals surface area contributed by atoms with E-state index in [1.807, 2.05) is 41.3 Å². The summed E-state index contributed by atoms with van der Waals surface area (Å²) in [6, 6.07) is 20.7. The summed E-state index contributed by atoms with van der Waals surface area (Å²) >= 11 is 1.53. The molecule has 0 spiro atoms. The molecule has 0 aromatic heterocycles. The Morgan fingerprint density at radius 2 is 1.61 bits per heavy atom. The molecule has 2 N–H and O–H groups in total. The Morgan fingerprint density at radius 3 is 2.21 bits per heavy atom. The van der Waals surface area contributed by atoms with Crippen molar-refractivity contribution in [3.05, 3.63) is 81.7 Å². The molecule has 0 saturated carbocycles. The summed E-state index contributed by atoms with van der Waals surface area (Å²) in [5, 5.41) is 20.7. The minimum Gasteiger partial charge on any atom is -0.384 e. The number of hydrogen-bond acceptors (Lipinski definition) is 5. The SMILES string of the molecule is CC(C)(C)c1ccc([C@@H]2C(C#N)=C(N)N3C(=C2C#N)Sc2ccccc23)cc1. The maximum Gasteiger partial charge on any atom is 0.123 e. The molecule has 1 atom stereocenters. The van der Waals surface area contributed by atoms with Gasteiger partial charge in [-0.2, -0.15) is 10.5 Å². The molecule has 2 aromatic carbocycles. The number of fused-ring (bicyclic) bond motifs is 3. The van der Waals surface area contributed by atoms with Gasteiger partial charge in [0.2, 0.25) is 0 Å². The fraction of sp³-hybridized carbons (Fsp3) is 0.217. The number of nitrogens with zero attached hydrogens (tertiary/aromatic N) is 3. The van der Waals surface area contributed by atoms with E-state index >= 15 is 0 Å². The minimum absolute atomic E-state index is 0.0360. The molecule has 0 aliphatic carbocycles. The average Bonchev–Trinajstić information content (AvgIpc) is 3.07.